The molecule has 1 amide bonds. The number of carbonyl (C=O) groups is 1. The Morgan fingerprint density at radius 2 is 1.88 bits per heavy atom. The molecule has 0 bridgehead atoms. The summed E-state index contributed by atoms with van der Waals surface area (Å²) in [5.74, 6) is 0.499. The van der Waals surface area contributed by atoms with Gasteiger partial charge in [-0.05, 0) is 69.3 Å². The fourth-order valence-corrected chi connectivity index (χ4v) is 5.44. The molecule has 2 aromatic heterocycles. The van der Waals surface area contributed by atoms with Crippen LogP contribution in [0.2, 0.25) is 5.02 Å². The third kappa shape index (κ3) is 3.40. The van der Waals surface area contributed by atoms with Crippen molar-refractivity contribution in [2.75, 3.05) is 9.80 Å². The summed E-state index contributed by atoms with van der Waals surface area (Å²) in [5, 5.41) is 9.65. The maximum atomic E-state index is 13.5. The minimum absolute atomic E-state index is 0.0983. The summed E-state index contributed by atoms with van der Waals surface area (Å²) in [6.07, 6.45) is 11.6. The average Bonchev–Trinajstić information content (AvgIpc) is 3.02. The van der Waals surface area contributed by atoms with E-state index in [1.54, 1.807) is 12.3 Å². The minimum atomic E-state index is -0.717. The molecule has 164 valence electrons. The van der Waals surface area contributed by atoms with E-state index in [2.05, 4.69) is 9.97 Å². The lowest BCUT2D eigenvalue weighted by Gasteiger charge is -2.42. The predicted octanol–water partition coefficient (Wildman–Crippen LogP) is 4.77. The van der Waals surface area contributed by atoms with Crippen LogP contribution in [0.15, 0.2) is 30.6 Å². The van der Waals surface area contributed by atoms with Crippen molar-refractivity contribution >= 4 is 46.2 Å². The van der Waals surface area contributed by atoms with Gasteiger partial charge in [-0.3, -0.25) is 9.69 Å². The molecule has 0 atom stereocenters. The maximum absolute atomic E-state index is 13.5. The molecule has 7 nitrogen and oxygen atoms in total. The molecule has 2 aromatic rings. The molecule has 32 heavy (non-hydrogen) atoms. The van der Waals surface area contributed by atoms with Gasteiger partial charge in [-0.2, -0.15) is 5.26 Å². The molecule has 5 rings (SSSR count). The Morgan fingerprint density at radius 3 is 2.47 bits per heavy atom. The highest BCUT2D eigenvalue weighted by Gasteiger charge is 2.59. The number of halogens is 1. The number of carbonyl (C=O) groups excluding carboxylic acids is 1. The van der Waals surface area contributed by atoms with Crippen molar-refractivity contribution in [2.24, 2.45) is 0 Å². The lowest BCUT2D eigenvalue weighted by Crippen LogP contribution is -2.55. The molecule has 2 aliphatic carbocycles. The highest BCUT2D eigenvalue weighted by molar-refractivity contribution is 7.81. The van der Waals surface area contributed by atoms with Crippen LogP contribution in [-0.2, 0) is 4.79 Å². The Hall–Kier alpha value is -2.76. The van der Waals surface area contributed by atoms with Gasteiger partial charge in [0.05, 0.1) is 28.8 Å². The van der Waals surface area contributed by atoms with Gasteiger partial charge in [-0.1, -0.05) is 18.0 Å². The molecule has 9 heteroatoms. The number of nitriles is 1. The van der Waals surface area contributed by atoms with Gasteiger partial charge >= 0.3 is 0 Å². The van der Waals surface area contributed by atoms with Gasteiger partial charge < -0.3 is 9.64 Å². The normalized spacial score (nSPS) is 20.4. The zero-order valence-electron chi connectivity index (χ0n) is 17.5. The van der Waals surface area contributed by atoms with Crippen molar-refractivity contribution in [1.82, 2.24) is 9.97 Å². The zero-order chi connectivity index (χ0) is 22.3. The van der Waals surface area contributed by atoms with Gasteiger partial charge in [0.2, 0.25) is 5.88 Å². The van der Waals surface area contributed by atoms with Gasteiger partial charge in [0.1, 0.15) is 17.7 Å². The van der Waals surface area contributed by atoms with Crippen molar-refractivity contribution in [2.45, 2.75) is 63.0 Å². The van der Waals surface area contributed by atoms with Crippen LogP contribution in [0.1, 0.15) is 57.1 Å². The molecular formula is C23H22ClN5O2S. The monoisotopic (exact) mass is 467 g/mol. The van der Waals surface area contributed by atoms with E-state index in [0.29, 0.717) is 29.5 Å². The number of anilines is 2. The maximum Gasteiger partial charge on any atom is 0.259 e. The molecule has 3 aliphatic rings. The number of rotatable bonds is 4. The van der Waals surface area contributed by atoms with E-state index in [4.69, 9.17) is 33.8 Å². The molecule has 1 spiro atoms. The molecule has 2 saturated carbocycles. The molecule has 3 fully saturated rings. The molecule has 0 N–H and O–H groups in total. The third-order valence-electron chi connectivity index (χ3n) is 6.60. The lowest BCUT2D eigenvalue weighted by molar-refractivity contribution is -0.123. The second-order valence-corrected chi connectivity index (χ2v) is 9.28. The first-order valence-corrected chi connectivity index (χ1v) is 11.7. The summed E-state index contributed by atoms with van der Waals surface area (Å²) < 4.78 is 6.05. The molecule has 1 aliphatic heterocycles. The van der Waals surface area contributed by atoms with Gasteiger partial charge in [0.15, 0.2) is 10.8 Å². The van der Waals surface area contributed by atoms with Crippen molar-refractivity contribution in [3.05, 3.63) is 41.3 Å². The zero-order valence-corrected chi connectivity index (χ0v) is 19.0. The van der Waals surface area contributed by atoms with Crippen LogP contribution in [0.5, 0.6) is 5.88 Å². The average molecular weight is 468 g/mol. The first kappa shape index (κ1) is 21.1. The summed E-state index contributed by atoms with van der Waals surface area (Å²) in [6.45, 7) is 0. The first-order valence-electron chi connectivity index (χ1n) is 10.9. The number of pyridine rings is 2. The first-order chi connectivity index (χ1) is 15.5. The van der Waals surface area contributed by atoms with E-state index in [1.165, 1.54) is 30.4 Å². The van der Waals surface area contributed by atoms with Crippen molar-refractivity contribution in [3.63, 3.8) is 0 Å². The van der Waals surface area contributed by atoms with E-state index in [1.807, 2.05) is 23.1 Å². The van der Waals surface area contributed by atoms with Crippen molar-refractivity contribution < 1.29 is 9.53 Å². The fraction of sp³-hybridized carbons (Fsp3) is 0.435. The van der Waals surface area contributed by atoms with Crippen LogP contribution in [0.3, 0.4) is 0 Å². The van der Waals surface area contributed by atoms with Crippen LogP contribution in [-0.4, -0.2) is 32.6 Å². The topological polar surface area (TPSA) is 82.4 Å². The van der Waals surface area contributed by atoms with E-state index >= 15 is 0 Å². The van der Waals surface area contributed by atoms with E-state index in [-0.39, 0.29) is 22.7 Å². The number of hydrogen-bond donors (Lipinski definition) is 0. The molecule has 0 radical (unpaired) electrons. The minimum Gasteiger partial charge on any atom is -0.474 e. The Labute approximate surface area is 197 Å². The Bertz CT molecular complexity index is 1110. The highest BCUT2D eigenvalue weighted by atomic mass is 35.5. The third-order valence-corrected chi connectivity index (χ3v) is 7.26. The van der Waals surface area contributed by atoms with E-state index in [0.717, 1.165) is 24.9 Å². The number of aromatic nitrogens is 2. The summed E-state index contributed by atoms with van der Waals surface area (Å²) in [7, 11) is 0. The van der Waals surface area contributed by atoms with Crippen LogP contribution < -0.4 is 14.5 Å². The Morgan fingerprint density at radius 1 is 1.12 bits per heavy atom. The van der Waals surface area contributed by atoms with Gasteiger partial charge in [-0.25, -0.2) is 9.97 Å². The van der Waals surface area contributed by atoms with Crippen LogP contribution in [0.25, 0.3) is 0 Å². The van der Waals surface area contributed by atoms with Crippen LogP contribution in [0.4, 0.5) is 11.4 Å². The molecule has 3 heterocycles. The smallest absolute Gasteiger partial charge is 0.259 e. The number of thiocarbonyl (C=S) groups is 1. The number of hydrogen-bond acceptors (Lipinski definition) is 6. The van der Waals surface area contributed by atoms with Crippen LogP contribution >= 0.6 is 23.8 Å². The second kappa shape index (κ2) is 8.30. The molecule has 0 unspecified atom stereocenters. The lowest BCUT2D eigenvalue weighted by atomic mass is 9.75. The van der Waals surface area contributed by atoms with Gasteiger partial charge in [0.25, 0.3) is 5.91 Å². The Kier molecular flexibility index (Phi) is 5.48. The summed E-state index contributed by atoms with van der Waals surface area (Å²) >= 11 is 11.9. The predicted molar refractivity (Wildman–Crippen MR) is 125 cm³/mol. The van der Waals surface area contributed by atoms with E-state index in [9.17, 15) is 4.79 Å². The quantitative estimate of drug-likeness (QED) is 0.598. The SMILES string of the molecule is N#Cc1ncc(N2C(=O)C3(CCC3)N(c3ccc(OC4CCCCC4)nc3)C2=S)cc1Cl. The number of ether oxygens (including phenoxy) is 1. The van der Waals surface area contributed by atoms with Gasteiger partial charge in [-0.15, -0.1) is 0 Å². The largest absolute Gasteiger partial charge is 0.474 e. The Balaban J connectivity index is 1.43. The van der Waals surface area contributed by atoms with Crippen LogP contribution in [0, 0.1) is 11.3 Å². The number of nitrogens with zero attached hydrogens (tertiary/aromatic N) is 5. The fourth-order valence-electron chi connectivity index (χ4n) is 4.77. The summed E-state index contributed by atoms with van der Waals surface area (Å²) in [6, 6.07) is 7.26. The highest BCUT2D eigenvalue weighted by Crippen LogP contribution is 2.47. The second-order valence-electron chi connectivity index (χ2n) is 8.51. The van der Waals surface area contributed by atoms with Crippen molar-refractivity contribution in [1.29, 1.82) is 5.26 Å². The summed E-state index contributed by atoms with van der Waals surface area (Å²) in [5.41, 5.74) is 0.614. The molecular weight excluding hydrogens is 446 g/mol. The molecule has 0 aromatic carbocycles. The molecule has 1 saturated heterocycles. The number of amides is 1. The van der Waals surface area contributed by atoms with Crippen molar-refractivity contribution in [3.8, 4) is 11.9 Å². The summed E-state index contributed by atoms with van der Waals surface area (Å²) in [4.78, 5) is 25.5. The standard InChI is InChI=1S/C23H22ClN5O2S/c24-18-11-16(14-26-19(18)12-25)28-21(30)23(9-4-10-23)29(22(28)32)15-7-8-20(27-13-15)31-17-5-2-1-3-6-17/h7-8,11,13-14,17H,1-6,9-10H2. The van der Waals surface area contributed by atoms with E-state index < -0.39 is 5.54 Å². The van der Waals surface area contributed by atoms with Gasteiger partial charge in [0, 0.05) is 6.07 Å².